The van der Waals surface area contributed by atoms with Crippen molar-refractivity contribution < 1.29 is 4.74 Å². The Morgan fingerprint density at radius 3 is 2.74 bits per heavy atom. The van der Waals surface area contributed by atoms with E-state index in [2.05, 4.69) is 48.2 Å². The molecule has 0 saturated heterocycles. The van der Waals surface area contributed by atoms with Gasteiger partial charge in [-0.2, -0.15) is 0 Å². The van der Waals surface area contributed by atoms with Gasteiger partial charge in [-0.05, 0) is 43.6 Å². The minimum absolute atomic E-state index is 0. The third-order valence-electron chi connectivity index (χ3n) is 3.48. The first kappa shape index (κ1) is 22.1. The molecule has 6 heteroatoms. The SMILES string of the molecule is COCCN(C)CCCN=C(N)Nc1cccc(C(C)C)c1.I. The Kier molecular flexibility index (Phi) is 12.1. The molecule has 0 aromatic heterocycles. The number of hydrogen-bond acceptors (Lipinski definition) is 3. The normalized spacial score (nSPS) is 11.7. The van der Waals surface area contributed by atoms with Gasteiger partial charge >= 0.3 is 0 Å². The van der Waals surface area contributed by atoms with E-state index in [9.17, 15) is 0 Å². The van der Waals surface area contributed by atoms with Gasteiger partial charge in [-0.1, -0.05) is 26.0 Å². The molecule has 0 radical (unpaired) electrons. The third kappa shape index (κ3) is 9.78. The molecular weight excluding hydrogens is 403 g/mol. The summed E-state index contributed by atoms with van der Waals surface area (Å²) < 4.78 is 5.05. The van der Waals surface area contributed by atoms with E-state index in [0.717, 1.165) is 38.3 Å². The van der Waals surface area contributed by atoms with Crippen LogP contribution in [0.2, 0.25) is 0 Å². The number of guanidine groups is 1. The van der Waals surface area contributed by atoms with Crippen LogP contribution in [0.3, 0.4) is 0 Å². The Hall–Kier alpha value is -0.860. The molecule has 3 N–H and O–H groups in total. The van der Waals surface area contributed by atoms with Crippen molar-refractivity contribution in [2.45, 2.75) is 26.2 Å². The number of benzene rings is 1. The van der Waals surface area contributed by atoms with Crippen LogP contribution < -0.4 is 11.1 Å². The van der Waals surface area contributed by atoms with Crippen molar-refractivity contribution in [1.29, 1.82) is 0 Å². The van der Waals surface area contributed by atoms with Crippen molar-refractivity contribution in [2.24, 2.45) is 10.7 Å². The second kappa shape index (κ2) is 12.5. The smallest absolute Gasteiger partial charge is 0.193 e. The molecule has 0 unspecified atom stereocenters. The molecule has 0 fully saturated rings. The van der Waals surface area contributed by atoms with Crippen LogP contribution >= 0.6 is 24.0 Å². The van der Waals surface area contributed by atoms with E-state index >= 15 is 0 Å². The predicted molar refractivity (Wildman–Crippen MR) is 110 cm³/mol. The van der Waals surface area contributed by atoms with Gasteiger partial charge in [0.05, 0.1) is 6.61 Å². The Morgan fingerprint density at radius 1 is 1.35 bits per heavy atom. The van der Waals surface area contributed by atoms with Crippen LogP contribution in [0.1, 0.15) is 31.7 Å². The maximum Gasteiger partial charge on any atom is 0.193 e. The van der Waals surface area contributed by atoms with Gasteiger partial charge in [0.1, 0.15) is 0 Å². The lowest BCUT2D eigenvalue weighted by Gasteiger charge is -2.15. The summed E-state index contributed by atoms with van der Waals surface area (Å²) in [6.07, 6.45) is 0.981. The van der Waals surface area contributed by atoms with E-state index in [4.69, 9.17) is 10.5 Å². The van der Waals surface area contributed by atoms with Gasteiger partial charge in [-0.3, -0.25) is 4.99 Å². The summed E-state index contributed by atoms with van der Waals surface area (Å²) in [4.78, 5) is 6.60. The fourth-order valence-electron chi connectivity index (χ4n) is 2.06. The average molecular weight is 434 g/mol. The van der Waals surface area contributed by atoms with Crippen LogP contribution in [0.15, 0.2) is 29.3 Å². The minimum Gasteiger partial charge on any atom is -0.383 e. The first-order valence-corrected chi connectivity index (χ1v) is 7.87. The summed E-state index contributed by atoms with van der Waals surface area (Å²) >= 11 is 0. The third-order valence-corrected chi connectivity index (χ3v) is 3.48. The number of hydrogen-bond donors (Lipinski definition) is 2. The van der Waals surface area contributed by atoms with Gasteiger partial charge in [0.25, 0.3) is 0 Å². The van der Waals surface area contributed by atoms with Crippen LogP contribution in [0.25, 0.3) is 0 Å². The number of halogens is 1. The summed E-state index contributed by atoms with van der Waals surface area (Å²) in [7, 11) is 3.81. The highest BCUT2D eigenvalue weighted by atomic mass is 127. The molecule has 1 aromatic carbocycles. The predicted octanol–water partition coefficient (Wildman–Crippen LogP) is 3.12. The Labute approximate surface area is 157 Å². The van der Waals surface area contributed by atoms with E-state index in [0.29, 0.717) is 11.9 Å². The summed E-state index contributed by atoms with van der Waals surface area (Å²) in [5, 5.41) is 3.15. The molecular formula is C17H31IN4O. The lowest BCUT2D eigenvalue weighted by molar-refractivity contribution is 0.161. The molecule has 0 saturated carbocycles. The molecule has 1 rings (SSSR count). The Morgan fingerprint density at radius 2 is 2.09 bits per heavy atom. The van der Waals surface area contributed by atoms with Gasteiger partial charge in [0.15, 0.2) is 5.96 Å². The lowest BCUT2D eigenvalue weighted by Crippen LogP contribution is -2.25. The number of nitrogens with two attached hydrogens (primary N) is 1. The molecule has 5 nitrogen and oxygen atoms in total. The van der Waals surface area contributed by atoms with Gasteiger partial charge in [-0.15, -0.1) is 24.0 Å². The zero-order valence-corrected chi connectivity index (χ0v) is 17.0. The summed E-state index contributed by atoms with van der Waals surface area (Å²) in [5.41, 5.74) is 8.21. The zero-order chi connectivity index (χ0) is 16.4. The van der Waals surface area contributed by atoms with E-state index in [-0.39, 0.29) is 24.0 Å². The van der Waals surface area contributed by atoms with E-state index in [1.54, 1.807) is 7.11 Å². The van der Waals surface area contributed by atoms with E-state index in [1.807, 2.05) is 12.1 Å². The van der Waals surface area contributed by atoms with Crippen molar-refractivity contribution >= 4 is 35.6 Å². The summed E-state index contributed by atoms with van der Waals surface area (Å²) in [5.74, 6) is 0.975. The van der Waals surface area contributed by atoms with Crippen LogP contribution in [0, 0.1) is 0 Å². The fraction of sp³-hybridized carbons (Fsp3) is 0.588. The number of likely N-dealkylation sites (N-methyl/N-ethyl adjacent to an activating group) is 1. The van der Waals surface area contributed by atoms with Crippen LogP contribution in [0.4, 0.5) is 5.69 Å². The second-order valence-corrected chi connectivity index (χ2v) is 5.82. The molecule has 0 spiro atoms. The number of rotatable bonds is 9. The Bertz CT molecular complexity index is 466. The van der Waals surface area contributed by atoms with Crippen molar-refractivity contribution in [3.63, 3.8) is 0 Å². The number of nitrogens with zero attached hydrogens (tertiary/aromatic N) is 2. The van der Waals surface area contributed by atoms with Gasteiger partial charge in [0.2, 0.25) is 0 Å². The van der Waals surface area contributed by atoms with Crippen molar-refractivity contribution in [2.75, 3.05) is 45.7 Å². The van der Waals surface area contributed by atoms with Gasteiger partial charge in [0, 0.05) is 25.9 Å². The molecule has 0 aliphatic heterocycles. The maximum absolute atomic E-state index is 5.93. The highest BCUT2D eigenvalue weighted by molar-refractivity contribution is 14.0. The zero-order valence-electron chi connectivity index (χ0n) is 14.7. The standard InChI is InChI=1S/C17H30N4O.HI/c1-14(2)15-7-5-8-16(13-15)20-17(18)19-9-6-10-21(3)11-12-22-4;/h5,7-8,13-14H,6,9-12H2,1-4H3,(H3,18,19,20);1H. The molecule has 0 amide bonds. The number of anilines is 1. The molecule has 0 heterocycles. The fourth-order valence-corrected chi connectivity index (χ4v) is 2.06. The highest BCUT2D eigenvalue weighted by Gasteiger charge is 2.01. The molecule has 0 bridgehead atoms. The van der Waals surface area contributed by atoms with Crippen LogP contribution in [-0.4, -0.2) is 51.3 Å². The number of ether oxygens (including phenoxy) is 1. The van der Waals surface area contributed by atoms with Crippen molar-refractivity contribution in [3.05, 3.63) is 29.8 Å². The molecule has 132 valence electrons. The first-order valence-electron chi connectivity index (χ1n) is 7.87. The van der Waals surface area contributed by atoms with Crippen molar-refractivity contribution in [3.8, 4) is 0 Å². The van der Waals surface area contributed by atoms with Gasteiger partial charge in [-0.25, -0.2) is 0 Å². The summed E-state index contributed by atoms with van der Waals surface area (Å²) in [6, 6.07) is 8.28. The summed E-state index contributed by atoms with van der Waals surface area (Å²) in [6.45, 7) is 7.77. The van der Waals surface area contributed by atoms with E-state index < -0.39 is 0 Å². The van der Waals surface area contributed by atoms with E-state index in [1.165, 1.54) is 5.56 Å². The number of methoxy groups -OCH3 is 1. The Balaban J connectivity index is 0.00000484. The van der Waals surface area contributed by atoms with Crippen LogP contribution in [0.5, 0.6) is 0 Å². The molecule has 1 aromatic rings. The highest BCUT2D eigenvalue weighted by Crippen LogP contribution is 2.18. The largest absolute Gasteiger partial charge is 0.383 e. The number of nitrogens with one attached hydrogen (secondary N) is 1. The maximum atomic E-state index is 5.93. The lowest BCUT2D eigenvalue weighted by atomic mass is 10.0. The molecule has 0 aliphatic carbocycles. The van der Waals surface area contributed by atoms with Crippen molar-refractivity contribution in [1.82, 2.24) is 4.90 Å². The second-order valence-electron chi connectivity index (χ2n) is 5.82. The van der Waals surface area contributed by atoms with Gasteiger partial charge < -0.3 is 20.7 Å². The minimum atomic E-state index is 0. The quantitative estimate of drug-likeness (QED) is 0.271. The molecule has 23 heavy (non-hydrogen) atoms. The number of aliphatic imine (C=N–C) groups is 1. The molecule has 0 atom stereocenters. The van der Waals surface area contributed by atoms with Crippen LogP contribution in [-0.2, 0) is 4.74 Å². The first-order chi connectivity index (χ1) is 10.5. The topological polar surface area (TPSA) is 62.9 Å². The monoisotopic (exact) mass is 434 g/mol. The average Bonchev–Trinajstić information content (AvgIpc) is 2.49. The molecule has 0 aliphatic rings.